The molecule has 0 spiro atoms. The standard InChI is InChI=1S/C42H35NO/c1-41(2)35-26-29(28-14-7-5-8-15-28)22-24-32(35)33-25-23-31(27-36(33)42(41,3)4)43(30-16-9-6-10-17-30)37-19-13-21-39-40(37)34-18-11-12-20-38(34)44-39/h5-27H,1-4H3. The Morgan fingerprint density at radius 3 is 1.84 bits per heavy atom. The van der Waals surface area contributed by atoms with Gasteiger partial charge in [-0.05, 0) is 92.7 Å². The number of nitrogens with zero attached hydrogens (tertiary/aromatic N) is 1. The van der Waals surface area contributed by atoms with Crippen molar-refractivity contribution in [3.63, 3.8) is 0 Å². The zero-order chi connectivity index (χ0) is 30.1. The minimum Gasteiger partial charge on any atom is -0.456 e. The molecular weight excluding hydrogens is 534 g/mol. The Morgan fingerprint density at radius 1 is 0.477 bits per heavy atom. The summed E-state index contributed by atoms with van der Waals surface area (Å²) in [6.45, 7) is 9.63. The van der Waals surface area contributed by atoms with Crippen LogP contribution in [0.3, 0.4) is 0 Å². The Kier molecular flexibility index (Phi) is 5.86. The maximum absolute atomic E-state index is 6.32. The number of rotatable bonds is 4. The van der Waals surface area contributed by atoms with Crippen molar-refractivity contribution in [3.8, 4) is 22.3 Å². The van der Waals surface area contributed by atoms with Gasteiger partial charge in [0, 0.05) is 16.8 Å². The minimum absolute atomic E-state index is 0.100. The van der Waals surface area contributed by atoms with Crippen LogP contribution < -0.4 is 4.90 Å². The lowest BCUT2D eigenvalue weighted by Gasteiger charge is -2.48. The predicted octanol–water partition coefficient (Wildman–Crippen LogP) is 12.0. The molecule has 1 aromatic heterocycles. The Morgan fingerprint density at radius 2 is 1.09 bits per heavy atom. The molecule has 0 radical (unpaired) electrons. The second-order valence-corrected chi connectivity index (χ2v) is 13.0. The molecule has 0 amide bonds. The van der Waals surface area contributed by atoms with E-state index < -0.39 is 0 Å². The van der Waals surface area contributed by atoms with Crippen molar-refractivity contribution in [3.05, 3.63) is 151 Å². The number of anilines is 3. The molecule has 214 valence electrons. The van der Waals surface area contributed by atoms with Gasteiger partial charge in [-0.3, -0.25) is 0 Å². The van der Waals surface area contributed by atoms with Gasteiger partial charge in [-0.25, -0.2) is 0 Å². The fourth-order valence-corrected chi connectivity index (χ4v) is 7.15. The number of hydrogen-bond donors (Lipinski definition) is 0. The smallest absolute Gasteiger partial charge is 0.137 e. The summed E-state index contributed by atoms with van der Waals surface area (Å²) in [6.07, 6.45) is 0. The Balaban J connectivity index is 1.35. The first-order valence-corrected chi connectivity index (χ1v) is 15.4. The van der Waals surface area contributed by atoms with Crippen LogP contribution in [0.15, 0.2) is 144 Å². The molecule has 0 N–H and O–H groups in total. The minimum atomic E-state index is -0.128. The van der Waals surface area contributed by atoms with E-state index in [1.807, 2.05) is 6.07 Å². The summed E-state index contributed by atoms with van der Waals surface area (Å²) < 4.78 is 6.32. The molecule has 0 unspecified atom stereocenters. The third kappa shape index (κ3) is 3.87. The monoisotopic (exact) mass is 569 g/mol. The highest BCUT2D eigenvalue weighted by Gasteiger charge is 2.46. The average molecular weight is 570 g/mol. The lowest BCUT2D eigenvalue weighted by molar-refractivity contribution is 0.299. The molecule has 44 heavy (non-hydrogen) atoms. The molecule has 1 aliphatic rings. The zero-order valence-electron chi connectivity index (χ0n) is 25.6. The third-order valence-corrected chi connectivity index (χ3v) is 10.2. The van der Waals surface area contributed by atoms with Gasteiger partial charge in [0.25, 0.3) is 0 Å². The normalized spacial score (nSPS) is 14.7. The van der Waals surface area contributed by atoms with Gasteiger partial charge in [-0.1, -0.05) is 119 Å². The zero-order valence-corrected chi connectivity index (χ0v) is 25.6. The molecule has 0 atom stereocenters. The molecule has 1 aliphatic carbocycles. The lowest BCUT2D eigenvalue weighted by Crippen LogP contribution is -2.43. The Labute approximate surface area is 259 Å². The van der Waals surface area contributed by atoms with Crippen molar-refractivity contribution < 1.29 is 4.42 Å². The van der Waals surface area contributed by atoms with Crippen LogP contribution in [0.4, 0.5) is 17.1 Å². The first-order valence-electron chi connectivity index (χ1n) is 15.4. The van der Waals surface area contributed by atoms with Gasteiger partial charge in [0.15, 0.2) is 0 Å². The van der Waals surface area contributed by atoms with E-state index in [2.05, 4.69) is 166 Å². The van der Waals surface area contributed by atoms with E-state index in [1.165, 1.54) is 33.4 Å². The average Bonchev–Trinajstić information content (AvgIpc) is 3.44. The van der Waals surface area contributed by atoms with Gasteiger partial charge in [0.05, 0.1) is 11.1 Å². The number of hydrogen-bond acceptors (Lipinski definition) is 2. The van der Waals surface area contributed by atoms with Crippen LogP contribution in [0.1, 0.15) is 38.8 Å². The van der Waals surface area contributed by atoms with Crippen LogP contribution in [0.5, 0.6) is 0 Å². The predicted molar refractivity (Wildman–Crippen MR) is 185 cm³/mol. The maximum Gasteiger partial charge on any atom is 0.137 e. The van der Waals surface area contributed by atoms with Crippen molar-refractivity contribution >= 4 is 39.0 Å². The summed E-state index contributed by atoms with van der Waals surface area (Å²) in [5, 5.41) is 2.25. The summed E-state index contributed by atoms with van der Waals surface area (Å²) in [4.78, 5) is 2.39. The first-order chi connectivity index (χ1) is 21.3. The number of benzene rings is 6. The van der Waals surface area contributed by atoms with Crippen molar-refractivity contribution in [2.24, 2.45) is 0 Å². The number of para-hydroxylation sites is 2. The van der Waals surface area contributed by atoms with E-state index >= 15 is 0 Å². The molecule has 0 saturated carbocycles. The quantitative estimate of drug-likeness (QED) is 0.210. The van der Waals surface area contributed by atoms with E-state index in [1.54, 1.807) is 0 Å². The summed E-state index contributed by atoms with van der Waals surface area (Å²) in [7, 11) is 0. The highest BCUT2D eigenvalue weighted by atomic mass is 16.3. The number of fused-ring (bicyclic) bond motifs is 6. The van der Waals surface area contributed by atoms with Gasteiger partial charge in [-0.15, -0.1) is 0 Å². The Bertz CT molecular complexity index is 2170. The Hall–Kier alpha value is -5.08. The fourth-order valence-electron chi connectivity index (χ4n) is 7.15. The highest BCUT2D eigenvalue weighted by molar-refractivity contribution is 6.13. The van der Waals surface area contributed by atoms with E-state index in [4.69, 9.17) is 4.42 Å². The molecule has 0 saturated heterocycles. The second-order valence-electron chi connectivity index (χ2n) is 13.0. The van der Waals surface area contributed by atoms with Crippen LogP contribution >= 0.6 is 0 Å². The molecule has 7 aromatic rings. The van der Waals surface area contributed by atoms with Gasteiger partial charge >= 0.3 is 0 Å². The van der Waals surface area contributed by atoms with Crippen LogP contribution in [0, 0.1) is 0 Å². The largest absolute Gasteiger partial charge is 0.456 e. The summed E-state index contributed by atoms with van der Waals surface area (Å²) in [5.74, 6) is 0. The van der Waals surface area contributed by atoms with E-state index in [0.717, 1.165) is 39.0 Å². The molecule has 0 bridgehead atoms. The molecule has 2 nitrogen and oxygen atoms in total. The van der Waals surface area contributed by atoms with Crippen LogP contribution in [-0.2, 0) is 10.8 Å². The summed E-state index contributed by atoms with van der Waals surface area (Å²) in [6, 6.07) is 50.2. The molecular formula is C42H35NO. The van der Waals surface area contributed by atoms with Crippen LogP contribution in [0.25, 0.3) is 44.2 Å². The third-order valence-electron chi connectivity index (χ3n) is 10.2. The van der Waals surface area contributed by atoms with Gasteiger partial charge in [-0.2, -0.15) is 0 Å². The van der Waals surface area contributed by atoms with E-state index in [-0.39, 0.29) is 10.8 Å². The van der Waals surface area contributed by atoms with Gasteiger partial charge < -0.3 is 9.32 Å². The van der Waals surface area contributed by atoms with Crippen molar-refractivity contribution in [2.75, 3.05) is 4.90 Å². The first kappa shape index (κ1) is 26.5. The molecule has 2 heteroatoms. The molecule has 0 fully saturated rings. The number of furan rings is 1. The fraction of sp³-hybridized carbons (Fsp3) is 0.143. The van der Waals surface area contributed by atoms with E-state index in [9.17, 15) is 0 Å². The van der Waals surface area contributed by atoms with Crippen molar-refractivity contribution in [1.29, 1.82) is 0 Å². The molecule has 6 aromatic carbocycles. The van der Waals surface area contributed by atoms with Crippen LogP contribution in [0.2, 0.25) is 0 Å². The molecule has 8 rings (SSSR count). The lowest BCUT2D eigenvalue weighted by atomic mass is 9.55. The highest BCUT2D eigenvalue weighted by Crippen LogP contribution is 2.55. The second kappa shape index (κ2) is 9.72. The topological polar surface area (TPSA) is 16.4 Å². The SMILES string of the molecule is CC1(C)c2cc(-c3ccccc3)ccc2-c2ccc(N(c3ccccc3)c3cccc4oc5ccccc5c34)cc2C1(C)C. The maximum atomic E-state index is 6.32. The summed E-state index contributed by atoms with van der Waals surface area (Å²) >= 11 is 0. The van der Waals surface area contributed by atoms with Gasteiger partial charge in [0.1, 0.15) is 11.2 Å². The van der Waals surface area contributed by atoms with Crippen LogP contribution in [-0.4, -0.2) is 0 Å². The molecule has 1 heterocycles. The van der Waals surface area contributed by atoms with Crippen molar-refractivity contribution in [2.45, 2.75) is 38.5 Å². The van der Waals surface area contributed by atoms with Gasteiger partial charge in [0.2, 0.25) is 0 Å². The summed E-state index contributed by atoms with van der Waals surface area (Å²) in [5.41, 5.74) is 12.9. The van der Waals surface area contributed by atoms with E-state index in [0.29, 0.717) is 0 Å². The van der Waals surface area contributed by atoms with Crippen molar-refractivity contribution in [1.82, 2.24) is 0 Å². The molecule has 0 aliphatic heterocycles.